The van der Waals surface area contributed by atoms with E-state index in [1.54, 1.807) is 21.3 Å². The predicted octanol–water partition coefficient (Wildman–Crippen LogP) is 2.77. The van der Waals surface area contributed by atoms with Crippen molar-refractivity contribution < 1.29 is 14.2 Å². The van der Waals surface area contributed by atoms with E-state index in [1.807, 2.05) is 12.1 Å². The molecule has 4 nitrogen and oxygen atoms in total. The zero-order valence-corrected chi connectivity index (χ0v) is 12.2. The summed E-state index contributed by atoms with van der Waals surface area (Å²) in [5.41, 5.74) is 1.15. The summed E-state index contributed by atoms with van der Waals surface area (Å²) in [7, 11) is 4.90. The van der Waals surface area contributed by atoms with Gasteiger partial charge in [0.2, 0.25) is 5.75 Å². The molecule has 106 valence electrons. The summed E-state index contributed by atoms with van der Waals surface area (Å²) in [6.45, 7) is 3.24. The predicted molar refractivity (Wildman–Crippen MR) is 75.2 cm³/mol. The van der Waals surface area contributed by atoms with E-state index in [0.717, 1.165) is 18.0 Å². The van der Waals surface area contributed by atoms with Gasteiger partial charge in [-0.25, -0.2) is 0 Å². The van der Waals surface area contributed by atoms with Crippen LogP contribution in [0.2, 0.25) is 0 Å². The molecule has 0 spiro atoms. The van der Waals surface area contributed by atoms with E-state index >= 15 is 0 Å². The third kappa shape index (κ3) is 3.32. The van der Waals surface area contributed by atoms with E-state index in [9.17, 15) is 0 Å². The van der Waals surface area contributed by atoms with Crippen LogP contribution in [0.5, 0.6) is 17.2 Å². The highest BCUT2D eigenvalue weighted by atomic mass is 16.5. The Hall–Kier alpha value is -1.42. The number of methoxy groups -OCH3 is 3. The molecule has 0 heterocycles. The summed E-state index contributed by atoms with van der Waals surface area (Å²) >= 11 is 0. The van der Waals surface area contributed by atoms with Gasteiger partial charge in [-0.3, -0.25) is 0 Å². The Bertz CT molecular complexity index is 404. The molecular formula is C15H23NO3. The van der Waals surface area contributed by atoms with Crippen LogP contribution in [0.15, 0.2) is 12.1 Å². The molecule has 1 atom stereocenters. The van der Waals surface area contributed by atoms with Crippen LogP contribution in [0, 0.1) is 5.92 Å². The SMILES string of the molecule is COc1cc(C(C)NCC2CC2)cc(OC)c1OC. The van der Waals surface area contributed by atoms with Crippen LogP contribution in [0.3, 0.4) is 0 Å². The van der Waals surface area contributed by atoms with Gasteiger partial charge in [0.15, 0.2) is 11.5 Å². The average Bonchev–Trinajstić information content (AvgIpc) is 3.27. The van der Waals surface area contributed by atoms with Crippen molar-refractivity contribution in [3.63, 3.8) is 0 Å². The van der Waals surface area contributed by atoms with Crippen LogP contribution in [-0.2, 0) is 0 Å². The van der Waals surface area contributed by atoms with Gasteiger partial charge in [-0.05, 0) is 49.9 Å². The van der Waals surface area contributed by atoms with Crippen molar-refractivity contribution in [2.75, 3.05) is 27.9 Å². The van der Waals surface area contributed by atoms with Crippen molar-refractivity contribution in [1.29, 1.82) is 0 Å². The fourth-order valence-electron chi connectivity index (χ4n) is 2.13. The first kappa shape index (κ1) is 14.0. The van der Waals surface area contributed by atoms with Gasteiger partial charge >= 0.3 is 0 Å². The van der Waals surface area contributed by atoms with E-state index in [4.69, 9.17) is 14.2 Å². The number of benzene rings is 1. The lowest BCUT2D eigenvalue weighted by Crippen LogP contribution is -2.21. The largest absolute Gasteiger partial charge is 0.493 e. The molecule has 4 heteroatoms. The van der Waals surface area contributed by atoms with Gasteiger partial charge < -0.3 is 19.5 Å². The van der Waals surface area contributed by atoms with Crippen LogP contribution in [-0.4, -0.2) is 27.9 Å². The average molecular weight is 265 g/mol. The molecule has 1 aromatic rings. The van der Waals surface area contributed by atoms with Crippen molar-refractivity contribution in [2.45, 2.75) is 25.8 Å². The Morgan fingerprint density at radius 2 is 1.68 bits per heavy atom. The lowest BCUT2D eigenvalue weighted by Gasteiger charge is -2.18. The highest BCUT2D eigenvalue weighted by Gasteiger charge is 2.22. The summed E-state index contributed by atoms with van der Waals surface area (Å²) in [4.78, 5) is 0. The number of ether oxygens (including phenoxy) is 3. The van der Waals surface area contributed by atoms with Crippen LogP contribution >= 0.6 is 0 Å². The Balaban J connectivity index is 2.18. The number of rotatable bonds is 7. The van der Waals surface area contributed by atoms with E-state index in [0.29, 0.717) is 17.2 Å². The molecule has 1 unspecified atom stereocenters. The van der Waals surface area contributed by atoms with Crippen molar-refractivity contribution >= 4 is 0 Å². The highest BCUT2D eigenvalue weighted by molar-refractivity contribution is 5.54. The molecule has 1 aliphatic rings. The minimum atomic E-state index is 0.273. The first-order valence-corrected chi connectivity index (χ1v) is 6.72. The van der Waals surface area contributed by atoms with Crippen LogP contribution in [0.4, 0.5) is 0 Å². The Labute approximate surface area is 115 Å². The number of nitrogens with one attached hydrogen (secondary N) is 1. The van der Waals surface area contributed by atoms with Gasteiger partial charge in [0.05, 0.1) is 21.3 Å². The van der Waals surface area contributed by atoms with Crippen molar-refractivity contribution in [1.82, 2.24) is 5.32 Å². The zero-order chi connectivity index (χ0) is 13.8. The normalized spacial score (nSPS) is 16.0. The van der Waals surface area contributed by atoms with Crippen LogP contribution in [0.1, 0.15) is 31.4 Å². The maximum absolute atomic E-state index is 5.37. The first-order valence-electron chi connectivity index (χ1n) is 6.72. The highest BCUT2D eigenvalue weighted by Crippen LogP contribution is 2.39. The van der Waals surface area contributed by atoms with Crippen molar-refractivity contribution in [3.05, 3.63) is 17.7 Å². The van der Waals surface area contributed by atoms with Gasteiger partial charge in [0, 0.05) is 6.04 Å². The fraction of sp³-hybridized carbons (Fsp3) is 0.600. The molecule has 1 fully saturated rings. The van der Waals surface area contributed by atoms with E-state index < -0.39 is 0 Å². The smallest absolute Gasteiger partial charge is 0.203 e. The lowest BCUT2D eigenvalue weighted by molar-refractivity contribution is 0.323. The molecule has 1 N–H and O–H groups in total. The summed E-state index contributed by atoms with van der Waals surface area (Å²) in [5, 5.41) is 3.55. The summed E-state index contributed by atoms with van der Waals surface area (Å²) < 4.78 is 16.1. The van der Waals surface area contributed by atoms with Crippen molar-refractivity contribution in [2.24, 2.45) is 5.92 Å². The Kier molecular flexibility index (Phi) is 4.53. The number of hydrogen-bond acceptors (Lipinski definition) is 4. The van der Waals surface area contributed by atoms with E-state index in [2.05, 4.69) is 12.2 Å². The molecule has 0 radical (unpaired) electrons. The monoisotopic (exact) mass is 265 g/mol. The van der Waals surface area contributed by atoms with Gasteiger partial charge in [-0.15, -0.1) is 0 Å². The topological polar surface area (TPSA) is 39.7 Å². The maximum Gasteiger partial charge on any atom is 0.203 e. The second-order valence-electron chi connectivity index (χ2n) is 5.03. The zero-order valence-electron chi connectivity index (χ0n) is 12.2. The van der Waals surface area contributed by atoms with E-state index in [-0.39, 0.29) is 6.04 Å². The molecule has 0 aliphatic heterocycles. The van der Waals surface area contributed by atoms with Gasteiger partial charge in [0.1, 0.15) is 0 Å². The first-order chi connectivity index (χ1) is 9.19. The minimum Gasteiger partial charge on any atom is -0.493 e. The molecule has 1 aromatic carbocycles. The van der Waals surface area contributed by atoms with Gasteiger partial charge in [-0.1, -0.05) is 0 Å². The molecule has 1 aliphatic carbocycles. The molecule has 0 amide bonds. The number of hydrogen-bond donors (Lipinski definition) is 1. The molecule has 1 saturated carbocycles. The quantitative estimate of drug-likeness (QED) is 0.823. The second kappa shape index (κ2) is 6.15. The third-order valence-corrected chi connectivity index (χ3v) is 3.60. The summed E-state index contributed by atoms with van der Waals surface area (Å²) in [5.74, 6) is 2.92. The summed E-state index contributed by atoms with van der Waals surface area (Å²) in [6, 6.07) is 4.28. The van der Waals surface area contributed by atoms with Crippen LogP contribution < -0.4 is 19.5 Å². The molecule has 0 saturated heterocycles. The van der Waals surface area contributed by atoms with Gasteiger partial charge in [0.25, 0.3) is 0 Å². The third-order valence-electron chi connectivity index (χ3n) is 3.60. The lowest BCUT2D eigenvalue weighted by atomic mass is 10.1. The van der Waals surface area contributed by atoms with E-state index in [1.165, 1.54) is 12.8 Å². The molecule has 0 bridgehead atoms. The van der Waals surface area contributed by atoms with Crippen LogP contribution in [0.25, 0.3) is 0 Å². The molecule has 19 heavy (non-hydrogen) atoms. The van der Waals surface area contributed by atoms with Crippen molar-refractivity contribution in [3.8, 4) is 17.2 Å². The Morgan fingerprint density at radius 1 is 1.11 bits per heavy atom. The van der Waals surface area contributed by atoms with Gasteiger partial charge in [-0.2, -0.15) is 0 Å². The standard InChI is InChI=1S/C15H23NO3/c1-10(16-9-11-5-6-11)12-7-13(17-2)15(19-4)14(8-12)18-3/h7-8,10-11,16H,5-6,9H2,1-4H3. The molecular weight excluding hydrogens is 242 g/mol. The molecule has 0 aromatic heterocycles. The molecule has 2 rings (SSSR count). The fourth-order valence-corrected chi connectivity index (χ4v) is 2.13. The second-order valence-corrected chi connectivity index (χ2v) is 5.03. The maximum atomic E-state index is 5.37. The Morgan fingerprint density at radius 3 is 2.11 bits per heavy atom. The summed E-state index contributed by atoms with van der Waals surface area (Å²) in [6.07, 6.45) is 2.71. The minimum absolute atomic E-state index is 0.273.